The van der Waals surface area contributed by atoms with Crippen molar-refractivity contribution in [1.29, 1.82) is 0 Å². The highest BCUT2D eigenvalue weighted by Crippen LogP contribution is 1.99. The molecule has 0 fully saturated rings. The first-order chi connectivity index (χ1) is 8.45. The largest absolute Gasteiger partial charge is 0.240 e. The van der Waals surface area contributed by atoms with Gasteiger partial charge in [0.15, 0.2) is 0 Å². The standard InChI is InChI=1S/C15H17N2/c1-3-7-14(8-4-1)11-12-16-17-13-15-9-5-2-6-10-15/h1-10,16H,11-13H2. The fourth-order valence-electron chi connectivity index (χ4n) is 1.65. The zero-order chi connectivity index (χ0) is 11.8. The lowest BCUT2D eigenvalue weighted by Crippen LogP contribution is -2.26. The quantitative estimate of drug-likeness (QED) is 0.593. The van der Waals surface area contributed by atoms with Crippen molar-refractivity contribution in [1.82, 2.24) is 10.9 Å². The van der Waals surface area contributed by atoms with Crippen molar-refractivity contribution in [2.75, 3.05) is 6.54 Å². The third-order valence-corrected chi connectivity index (χ3v) is 2.58. The van der Waals surface area contributed by atoms with Crippen molar-refractivity contribution in [3.8, 4) is 0 Å². The average Bonchev–Trinajstić information content (AvgIpc) is 2.41. The van der Waals surface area contributed by atoms with Gasteiger partial charge in [0.25, 0.3) is 0 Å². The zero-order valence-corrected chi connectivity index (χ0v) is 9.84. The van der Waals surface area contributed by atoms with E-state index in [-0.39, 0.29) is 0 Å². The normalized spacial score (nSPS) is 10.4. The van der Waals surface area contributed by atoms with Gasteiger partial charge in [-0.1, -0.05) is 60.7 Å². The molecule has 1 radical (unpaired) electrons. The summed E-state index contributed by atoms with van der Waals surface area (Å²) in [5.41, 5.74) is 9.99. The van der Waals surface area contributed by atoms with Crippen molar-refractivity contribution in [3.63, 3.8) is 0 Å². The van der Waals surface area contributed by atoms with Crippen LogP contribution in [0.3, 0.4) is 0 Å². The number of hydrogen-bond acceptors (Lipinski definition) is 1. The van der Waals surface area contributed by atoms with E-state index in [9.17, 15) is 0 Å². The number of nitrogens with zero attached hydrogens (tertiary/aromatic N) is 1. The van der Waals surface area contributed by atoms with E-state index in [1.165, 1.54) is 11.1 Å². The van der Waals surface area contributed by atoms with Gasteiger partial charge < -0.3 is 0 Å². The Morgan fingerprint density at radius 1 is 0.765 bits per heavy atom. The predicted molar refractivity (Wildman–Crippen MR) is 70.4 cm³/mol. The molecule has 1 N–H and O–H groups in total. The van der Waals surface area contributed by atoms with Crippen LogP contribution in [0.15, 0.2) is 60.7 Å². The second-order valence-corrected chi connectivity index (χ2v) is 3.95. The molecule has 0 aliphatic carbocycles. The smallest absolute Gasteiger partial charge is 0.0554 e. The van der Waals surface area contributed by atoms with E-state index in [1.807, 2.05) is 24.3 Å². The van der Waals surface area contributed by atoms with Gasteiger partial charge in [-0.2, -0.15) is 5.43 Å². The van der Waals surface area contributed by atoms with Gasteiger partial charge in [-0.25, -0.2) is 5.43 Å². The molecule has 2 nitrogen and oxygen atoms in total. The third kappa shape index (κ3) is 4.39. The monoisotopic (exact) mass is 225 g/mol. The first-order valence-corrected chi connectivity index (χ1v) is 5.92. The van der Waals surface area contributed by atoms with Crippen LogP contribution < -0.4 is 10.9 Å². The van der Waals surface area contributed by atoms with Crippen LogP contribution in [0.4, 0.5) is 0 Å². The van der Waals surface area contributed by atoms with Crippen molar-refractivity contribution < 1.29 is 0 Å². The van der Waals surface area contributed by atoms with E-state index in [2.05, 4.69) is 47.2 Å². The second kappa shape index (κ2) is 6.84. The molecular weight excluding hydrogens is 208 g/mol. The molecule has 0 spiro atoms. The van der Waals surface area contributed by atoms with E-state index >= 15 is 0 Å². The summed E-state index contributed by atoms with van der Waals surface area (Å²) in [4.78, 5) is 0. The average molecular weight is 225 g/mol. The van der Waals surface area contributed by atoms with E-state index in [4.69, 9.17) is 0 Å². The fourth-order valence-corrected chi connectivity index (χ4v) is 1.65. The summed E-state index contributed by atoms with van der Waals surface area (Å²) in [5, 5.41) is 0. The number of hydrogen-bond donors (Lipinski definition) is 1. The van der Waals surface area contributed by atoms with Crippen LogP contribution in [0.1, 0.15) is 11.1 Å². The molecular formula is C15H17N2. The molecule has 0 unspecified atom stereocenters. The first-order valence-electron chi connectivity index (χ1n) is 5.92. The van der Waals surface area contributed by atoms with Crippen LogP contribution >= 0.6 is 0 Å². The van der Waals surface area contributed by atoms with Gasteiger partial charge in [-0.15, -0.1) is 0 Å². The van der Waals surface area contributed by atoms with Gasteiger partial charge >= 0.3 is 0 Å². The molecule has 0 aliphatic rings. The van der Waals surface area contributed by atoms with Crippen LogP contribution in [0.5, 0.6) is 0 Å². The second-order valence-electron chi connectivity index (χ2n) is 3.95. The Kier molecular flexibility index (Phi) is 4.76. The Hall–Kier alpha value is -1.64. The first kappa shape index (κ1) is 11.8. The summed E-state index contributed by atoms with van der Waals surface area (Å²) < 4.78 is 0. The number of rotatable bonds is 6. The van der Waals surface area contributed by atoms with Gasteiger partial charge in [0.05, 0.1) is 6.54 Å². The van der Waals surface area contributed by atoms with E-state index < -0.39 is 0 Å². The van der Waals surface area contributed by atoms with Crippen molar-refractivity contribution in [2.24, 2.45) is 0 Å². The lowest BCUT2D eigenvalue weighted by molar-refractivity contribution is 0.520. The lowest BCUT2D eigenvalue weighted by atomic mass is 10.2. The van der Waals surface area contributed by atoms with Crippen molar-refractivity contribution in [3.05, 3.63) is 71.8 Å². The highest BCUT2D eigenvalue weighted by atomic mass is 15.3. The lowest BCUT2D eigenvalue weighted by Gasteiger charge is -2.04. The SMILES string of the molecule is c1ccc(CCN[N]Cc2ccccc2)cc1. The molecule has 2 aromatic carbocycles. The molecule has 0 saturated heterocycles. The molecule has 0 saturated carbocycles. The summed E-state index contributed by atoms with van der Waals surface area (Å²) in [6, 6.07) is 20.7. The van der Waals surface area contributed by atoms with Gasteiger partial charge in [0, 0.05) is 6.54 Å². The van der Waals surface area contributed by atoms with Crippen LogP contribution in [-0.4, -0.2) is 6.54 Å². The molecule has 0 bridgehead atoms. The number of nitrogens with one attached hydrogen (secondary N) is 1. The highest BCUT2D eigenvalue weighted by molar-refractivity contribution is 5.15. The molecule has 0 heterocycles. The summed E-state index contributed by atoms with van der Waals surface area (Å²) in [6.45, 7) is 1.62. The van der Waals surface area contributed by atoms with Crippen LogP contribution in [0, 0.1) is 0 Å². The third-order valence-electron chi connectivity index (χ3n) is 2.58. The van der Waals surface area contributed by atoms with Crippen molar-refractivity contribution in [2.45, 2.75) is 13.0 Å². The molecule has 87 valence electrons. The Morgan fingerprint density at radius 3 is 2.00 bits per heavy atom. The van der Waals surface area contributed by atoms with E-state index in [1.54, 1.807) is 0 Å². The van der Waals surface area contributed by atoms with Crippen LogP contribution in [0.25, 0.3) is 0 Å². The van der Waals surface area contributed by atoms with Crippen molar-refractivity contribution >= 4 is 0 Å². The molecule has 0 atom stereocenters. The molecule has 17 heavy (non-hydrogen) atoms. The van der Waals surface area contributed by atoms with Gasteiger partial charge in [-0.05, 0) is 17.5 Å². The maximum atomic E-state index is 4.31. The van der Waals surface area contributed by atoms with E-state index in [0.29, 0.717) is 0 Å². The fraction of sp³-hybridized carbons (Fsp3) is 0.200. The zero-order valence-electron chi connectivity index (χ0n) is 9.84. The maximum absolute atomic E-state index is 4.31. The van der Waals surface area contributed by atoms with Gasteiger partial charge in [0.2, 0.25) is 0 Å². The van der Waals surface area contributed by atoms with E-state index in [0.717, 1.165) is 19.5 Å². The maximum Gasteiger partial charge on any atom is 0.0554 e. The molecule has 2 aromatic rings. The Bertz CT molecular complexity index is 370. The minimum atomic E-state index is 0.732. The Balaban J connectivity index is 1.61. The van der Waals surface area contributed by atoms with Crippen LogP contribution in [-0.2, 0) is 13.0 Å². The van der Waals surface area contributed by atoms with Gasteiger partial charge in [0.1, 0.15) is 0 Å². The summed E-state index contributed by atoms with van der Waals surface area (Å²) >= 11 is 0. The number of benzene rings is 2. The minimum Gasteiger partial charge on any atom is -0.240 e. The molecule has 0 aliphatic heterocycles. The Labute approximate surface area is 103 Å². The molecule has 2 rings (SSSR count). The molecule has 0 aromatic heterocycles. The molecule has 0 amide bonds. The summed E-state index contributed by atoms with van der Waals surface area (Å²) in [6.07, 6.45) is 1.01. The Morgan fingerprint density at radius 2 is 1.35 bits per heavy atom. The molecule has 2 heteroatoms. The van der Waals surface area contributed by atoms with Crippen LogP contribution in [0.2, 0.25) is 0 Å². The highest BCUT2D eigenvalue weighted by Gasteiger charge is 1.93. The minimum absolute atomic E-state index is 0.732. The topological polar surface area (TPSA) is 26.1 Å². The predicted octanol–water partition coefficient (Wildman–Crippen LogP) is 2.54. The summed E-state index contributed by atoms with van der Waals surface area (Å²) in [7, 11) is 0. The van der Waals surface area contributed by atoms with Gasteiger partial charge in [-0.3, -0.25) is 0 Å². The summed E-state index contributed by atoms with van der Waals surface area (Å²) in [5.74, 6) is 0.